The van der Waals surface area contributed by atoms with E-state index in [-0.39, 0.29) is 17.2 Å². The van der Waals surface area contributed by atoms with Crippen molar-refractivity contribution in [3.8, 4) is 17.2 Å². The quantitative estimate of drug-likeness (QED) is 0.318. The number of allylic oxidation sites excluding steroid dienone is 5. The number of unbranched alkanes of at least 4 members (excludes halogenated alkanes) is 1. The molecule has 0 radical (unpaired) electrons. The third-order valence-corrected chi connectivity index (χ3v) is 3.88. The molecule has 1 aromatic carbocycles. The van der Waals surface area contributed by atoms with Gasteiger partial charge in [-0.15, -0.1) is 0 Å². The van der Waals surface area contributed by atoms with Crippen LogP contribution in [0.3, 0.4) is 0 Å². The maximum absolute atomic E-state index is 10.2. The van der Waals surface area contributed by atoms with E-state index in [0.29, 0.717) is 17.5 Å². The average molecular weight is 330 g/mol. The molecule has 0 aliphatic carbocycles. The van der Waals surface area contributed by atoms with Crippen LogP contribution in [0.25, 0.3) is 6.08 Å². The van der Waals surface area contributed by atoms with Crippen molar-refractivity contribution < 1.29 is 15.3 Å². The van der Waals surface area contributed by atoms with Crippen LogP contribution < -0.4 is 0 Å². The lowest BCUT2D eigenvalue weighted by Gasteiger charge is -2.10. The Morgan fingerprint density at radius 3 is 2.33 bits per heavy atom. The van der Waals surface area contributed by atoms with Crippen molar-refractivity contribution in [1.82, 2.24) is 0 Å². The highest BCUT2D eigenvalue weighted by atomic mass is 16.3. The van der Waals surface area contributed by atoms with Gasteiger partial charge in [0.05, 0.1) is 0 Å². The molecule has 0 spiro atoms. The number of benzene rings is 1. The van der Waals surface area contributed by atoms with Crippen LogP contribution in [0.5, 0.6) is 17.2 Å². The van der Waals surface area contributed by atoms with Crippen LogP contribution in [0.15, 0.2) is 35.4 Å². The second kappa shape index (κ2) is 9.86. The Bertz CT molecular complexity index is 633. The van der Waals surface area contributed by atoms with E-state index in [1.807, 2.05) is 19.1 Å². The smallest absolute Gasteiger partial charge is 0.165 e. The second-order valence-electron chi connectivity index (χ2n) is 6.43. The summed E-state index contributed by atoms with van der Waals surface area (Å²) in [6.07, 6.45) is 12.0. The maximum Gasteiger partial charge on any atom is 0.165 e. The fourth-order valence-electron chi connectivity index (χ4n) is 2.38. The lowest BCUT2D eigenvalue weighted by atomic mass is 10.0. The van der Waals surface area contributed by atoms with Crippen molar-refractivity contribution in [3.63, 3.8) is 0 Å². The van der Waals surface area contributed by atoms with Crippen molar-refractivity contribution in [2.75, 3.05) is 0 Å². The molecule has 0 fully saturated rings. The third-order valence-electron chi connectivity index (χ3n) is 3.88. The summed E-state index contributed by atoms with van der Waals surface area (Å²) in [6, 6.07) is 1.50. The van der Waals surface area contributed by atoms with Crippen molar-refractivity contribution in [3.05, 3.63) is 46.6 Å². The minimum absolute atomic E-state index is 0.00907. The lowest BCUT2D eigenvalue weighted by molar-refractivity contribution is 0.390. The zero-order valence-electron chi connectivity index (χ0n) is 15.3. The molecule has 0 heterocycles. The minimum atomic E-state index is -0.237. The zero-order valence-corrected chi connectivity index (χ0v) is 15.3. The van der Waals surface area contributed by atoms with Gasteiger partial charge in [0.1, 0.15) is 5.75 Å². The SMILES string of the molecule is CCC/C=C/c1cc(O)c(C/C=C(\C)CCC=C(C)C)c(O)c1O. The summed E-state index contributed by atoms with van der Waals surface area (Å²) < 4.78 is 0. The highest BCUT2D eigenvalue weighted by molar-refractivity contribution is 5.67. The van der Waals surface area contributed by atoms with E-state index in [2.05, 4.69) is 26.8 Å². The summed E-state index contributed by atoms with van der Waals surface area (Å²) in [5.74, 6) is -0.403. The second-order valence-corrected chi connectivity index (χ2v) is 6.43. The Balaban J connectivity index is 2.89. The topological polar surface area (TPSA) is 60.7 Å². The fraction of sp³-hybridized carbons (Fsp3) is 0.429. The molecular formula is C21H30O3. The molecule has 3 heteroatoms. The van der Waals surface area contributed by atoms with E-state index >= 15 is 0 Å². The fourth-order valence-corrected chi connectivity index (χ4v) is 2.38. The molecule has 0 atom stereocenters. The van der Waals surface area contributed by atoms with E-state index in [0.717, 1.165) is 25.7 Å². The standard InChI is InChI=1S/C21H30O3/c1-5-6-7-11-17-14-19(22)18(21(24)20(17)23)13-12-16(4)10-8-9-15(2)3/h7,9,11-12,14,22-24H,5-6,8,10,13H2,1-4H3/b11-7+,16-12+. The van der Waals surface area contributed by atoms with E-state index in [1.54, 1.807) is 6.08 Å². The zero-order chi connectivity index (χ0) is 18.1. The molecule has 0 saturated carbocycles. The van der Waals surface area contributed by atoms with Gasteiger partial charge in [0, 0.05) is 11.1 Å². The van der Waals surface area contributed by atoms with Gasteiger partial charge >= 0.3 is 0 Å². The monoisotopic (exact) mass is 330 g/mol. The molecular weight excluding hydrogens is 300 g/mol. The molecule has 24 heavy (non-hydrogen) atoms. The minimum Gasteiger partial charge on any atom is -0.507 e. The Hall–Kier alpha value is -2.16. The van der Waals surface area contributed by atoms with Crippen LogP contribution in [-0.2, 0) is 6.42 Å². The van der Waals surface area contributed by atoms with Gasteiger partial charge in [-0.2, -0.15) is 0 Å². The van der Waals surface area contributed by atoms with E-state index < -0.39 is 0 Å². The lowest BCUT2D eigenvalue weighted by Crippen LogP contribution is -1.89. The van der Waals surface area contributed by atoms with Gasteiger partial charge in [-0.25, -0.2) is 0 Å². The first-order chi connectivity index (χ1) is 11.4. The number of phenols is 3. The van der Waals surface area contributed by atoms with E-state index in [1.165, 1.54) is 17.2 Å². The van der Waals surface area contributed by atoms with Crippen LogP contribution >= 0.6 is 0 Å². The summed E-state index contributed by atoms with van der Waals surface area (Å²) in [5, 5.41) is 30.5. The first-order valence-corrected chi connectivity index (χ1v) is 8.59. The molecule has 0 amide bonds. The number of aromatic hydroxyl groups is 3. The molecule has 0 aliphatic heterocycles. The number of hydrogen-bond acceptors (Lipinski definition) is 3. The van der Waals surface area contributed by atoms with Gasteiger partial charge in [0.25, 0.3) is 0 Å². The van der Waals surface area contributed by atoms with Gasteiger partial charge in [0.15, 0.2) is 11.5 Å². The van der Waals surface area contributed by atoms with Crippen molar-refractivity contribution in [1.29, 1.82) is 0 Å². The first kappa shape index (κ1) is 19.9. The normalized spacial score (nSPS) is 11.9. The summed E-state index contributed by atoms with van der Waals surface area (Å²) >= 11 is 0. The summed E-state index contributed by atoms with van der Waals surface area (Å²) in [5.41, 5.74) is 3.29. The van der Waals surface area contributed by atoms with Crippen LogP contribution in [0.1, 0.15) is 64.5 Å². The molecule has 1 aromatic rings. The van der Waals surface area contributed by atoms with Crippen LogP contribution in [-0.4, -0.2) is 15.3 Å². The van der Waals surface area contributed by atoms with Crippen LogP contribution in [0.2, 0.25) is 0 Å². The Kier molecular flexibility index (Phi) is 8.17. The van der Waals surface area contributed by atoms with Crippen LogP contribution in [0, 0.1) is 0 Å². The number of phenolic OH excluding ortho intramolecular Hbond substituents is 3. The van der Waals surface area contributed by atoms with E-state index in [9.17, 15) is 15.3 Å². The highest BCUT2D eigenvalue weighted by Gasteiger charge is 2.14. The van der Waals surface area contributed by atoms with Gasteiger partial charge < -0.3 is 15.3 Å². The summed E-state index contributed by atoms with van der Waals surface area (Å²) in [6.45, 7) is 8.26. The molecule has 132 valence electrons. The Labute approximate surface area is 145 Å². The maximum atomic E-state index is 10.2. The molecule has 0 saturated heterocycles. The predicted octanol–water partition coefficient (Wildman–Crippen LogP) is 5.85. The predicted molar refractivity (Wildman–Crippen MR) is 102 cm³/mol. The molecule has 3 nitrogen and oxygen atoms in total. The average Bonchev–Trinajstić information content (AvgIpc) is 2.51. The van der Waals surface area contributed by atoms with Crippen molar-refractivity contribution in [2.45, 2.75) is 59.8 Å². The largest absolute Gasteiger partial charge is 0.507 e. The molecule has 0 bridgehead atoms. The highest BCUT2D eigenvalue weighted by Crippen LogP contribution is 2.40. The summed E-state index contributed by atoms with van der Waals surface area (Å²) in [7, 11) is 0. The first-order valence-electron chi connectivity index (χ1n) is 8.59. The number of hydrogen-bond donors (Lipinski definition) is 3. The Morgan fingerprint density at radius 2 is 1.71 bits per heavy atom. The number of rotatable bonds is 8. The molecule has 0 aliphatic rings. The van der Waals surface area contributed by atoms with Gasteiger partial charge in [-0.3, -0.25) is 0 Å². The van der Waals surface area contributed by atoms with Gasteiger partial charge in [0.2, 0.25) is 0 Å². The summed E-state index contributed by atoms with van der Waals surface area (Å²) in [4.78, 5) is 0. The van der Waals surface area contributed by atoms with Gasteiger partial charge in [-0.05, 0) is 52.5 Å². The molecule has 3 N–H and O–H groups in total. The van der Waals surface area contributed by atoms with Crippen LogP contribution in [0.4, 0.5) is 0 Å². The molecule has 1 rings (SSSR count). The molecule has 0 unspecified atom stereocenters. The molecule has 0 aromatic heterocycles. The van der Waals surface area contributed by atoms with Crippen molar-refractivity contribution >= 4 is 6.08 Å². The van der Waals surface area contributed by atoms with Gasteiger partial charge in [-0.1, -0.05) is 48.8 Å². The van der Waals surface area contributed by atoms with E-state index in [4.69, 9.17) is 0 Å². The third kappa shape index (κ3) is 6.15. The van der Waals surface area contributed by atoms with Crippen molar-refractivity contribution in [2.24, 2.45) is 0 Å². The Morgan fingerprint density at radius 1 is 1.00 bits per heavy atom.